The summed E-state index contributed by atoms with van der Waals surface area (Å²) in [7, 11) is 3.68. The van der Waals surface area contributed by atoms with Gasteiger partial charge in [-0.25, -0.2) is 0 Å². The van der Waals surface area contributed by atoms with Gasteiger partial charge in [0.2, 0.25) is 0 Å². The molecule has 0 saturated carbocycles. The number of anilines is 2. The van der Waals surface area contributed by atoms with E-state index in [9.17, 15) is 13.0 Å². The summed E-state index contributed by atoms with van der Waals surface area (Å²) in [4.78, 5) is 3.96. The average Bonchev–Trinajstić information content (AvgIpc) is 2.68. The minimum Gasteiger partial charge on any atom is -1.00 e. The molecule has 0 aliphatic heterocycles. The van der Waals surface area contributed by atoms with Crippen LogP contribution < -0.4 is 39.4 Å². The van der Waals surface area contributed by atoms with Crippen molar-refractivity contribution < 1.29 is 44.0 Å². The molecule has 0 amide bonds. The Balaban J connectivity index is 0.00000240. The fraction of sp³-hybridized carbons (Fsp3) is 0.217. The maximum Gasteiger partial charge on any atom is 1.00 e. The Labute approximate surface area is 202 Å². The summed E-state index contributed by atoms with van der Waals surface area (Å²) in [5.74, 6) is -0.163. The molecule has 0 aliphatic carbocycles. The van der Waals surface area contributed by atoms with Gasteiger partial charge in [0.15, 0.2) is 0 Å². The first-order valence-electron chi connectivity index (χ1n) is 9.29. The predicted octanol–water partition coefficient (Wildman–Crippen LogP) is 1.36. The van der Waals surface area contributed by atoms with E-state index in [1.807, 2.05) is 68.3 Å². The Bertz CT molecular complexity index is 1040. The number of hydrogen-bond donors (Lipinski definition) is 1. The van der Waals surface area contributed by atoms with Crippen LogP contribution in [-0.2, 0) is 10.1 Å². The minimum absolute atomic E-state index is 0. The monoisotopic (exact) mass is 434 g/mol. The van der Waals surface area contributed by atoms with Gasteiger partial charge in [0.25, 0.3) is 10.1 Å². The normalized spacial score (nSPS) is 11.1. The SMILES string of the molecule is CN(C)c1ccc(C(c2ccc(N(C)C)cc2)c2cccc(S(=O)(=O)O)c2)cc1.[H-].[Na+]. The second kappa shape index (κ2) is 9.98. The fourth-order valence-electron chi connectivity index (χ4n) is 3.36. The molecule has 7 heteroatoms. The van der Waals surface area contributed by atoms with Crippen molar-refractivity contribution in [1.82, 2.24) is 0 Å². The number of rotatable bonds is 6. The third kappa shape index (κ3) is 5.65. The molecule has 0 heterocycles. The molecular formula is C23H27N2NaO3S. The Morgan fingerprint density at radius 2 is 1.17 bits per heavy atom. The molecule has 154 valence electrons. The van der Waals surface area contributed by atoms with Gasteiger partial charge >= 0.3 is 29.6 Å². The second-order valence-corrected chi connectivity index (χ2v) is 8.87. The zero-order valence-corrected chi connectivity index (χ0v) is 20.9. The summed E-state index contributed by atoms with van der Waals surface area (Å²) in [6, 6.07) is 22.9. The summed E-state index contributed by atoms with van der Waals surface area (Å²) >= 11 is 0. The van der Waals surface area contributed by atoms with Gasteiger partial charge in [0.1, 0.15) is 0 Å². The van der Waals surface area contributed by atoms with E-state index in [4.69, 9.17) is 0 Å². The van der Waals surface area contributed by atoms with Crippen molar-refractivity contribution in [1.29, 1.82) is 0 Å². The molecule has 3 aromatic carbocycles. The Morgan fingerprint density at radius 1 is 0.733 bits per heavy atom. The molecule has 0 aromatic heterocycles. The van der Waals surface area contributed by atoms with Crippen LogP contribution >= 0.6 is 0 Å². The summed E-state index contributed by atoms with van der Waals surface area (Å²) in [5, 5.41) is 0. The van der Waals surface area contributed by atoms with Crippen LogP contribution in [0.2, 0.25) is 0 Å². The summed E-state index contributed by atoms with van der Waals surface area (Å²) in [6.07, 6.45) is 0. The molecule has 0 spiro atoms. The third-order valence-electron chi connectivity index (χ3n) is 4.97. The molecule has 0 aliphatic rings. The first-order valence-corrected chi connectivity index (χ1v) is 10.7. The zero-order chi connectivity index (χ0) is 21.2. The third-order valence-corrected chi connectivity index (χ3v) is 5.82. The van der Waals surface area contributed by atoms with Crippen LogP contribution in [0.25, 0.3) is 0 Å². The molecular weight excluding hydrogens is 407 g/mol. The van der Waals surface area contributed by atoms with Crippen LogP contribution in [0.5, 0.6) is 0 Å². The molecule has 30 heavy (non-hydrogen) atoms. The van der Waals surface area contributed by atoms with Crippen molar-refractivity contribution in [2.75, 3.05) is 38.0 Å². The molecule has 5 nitrogen and oxygen atoms in total. The van der Waals surface area contributed by atoms with E-state index in [-0.39, 0.29) is 41.8 Å². The number of hydrogen-bond acceptors (Lipinski definition) is 4. The van der Waals surface area contributed by atoms with E-state index in [2.05, 4.69) is 24.3 Å². The van der Waals surface area contributed by atoms with Crippen LogP contribution in [0.15, 0.2) is 77.7 Å². The average molecular weight is 435 g/mol. The van der Waals surface area contributed by atoms with Crippen molar-refractivity contribution in [3.63, 3.8) is 0 Å². The van der Waals surface area contributed by atoms with Gasteiger partial charge in [-0.05, 0) is 53.1 Å². The van der Waals surface area contributed by atoms with Gasteiger partial charge in [-0.3, -0.25) is 4.55 Å². The largest absolute Gasteiger partial charge is 1.00 e. The Hall–Kier alpha value is -1.83. The van der Waals surface area contributed by atoms with Gasteiger partial charge in [-0.15, -0.1) is 0 Å². The fourth-order valence-corrected chi connectivity index (χ4v) is 3.90. The summed E-state index contributed by atoms with van der Waals surface area (Å²) < 4.78 is 32.8. The molecule has 3 aromatic rings. The molecule has 3 rings (SSSR count). The standard InChI is InChI=1S/C23H26N2O3S.Na.H/c1-24(2)20-12-8-17(9-13-20)23(18-10-14-21(15-11-18)25(3)4)19-6-5-7-22(16-19)29(26,27)28;;/h5-16,23H,1-4H3,(H,26,27,28);;/q;+1;-1. The van der Waals surface area contributed by atoms with Gasteiger partial charge in [0, 0.05) is 45.5 Å². The zero-order valence-electron chi connectivity index (χ0n) is 19.1. The van der Waals surface area contributed by atoms with Crippen LogP contribution in [0, 0.1) is 0 Å². The quantitative estimate of drug-likeness (QED) is 0.361. The van der Waals surface area contributed by atoms with E-state index in [1.54, 1.807) is 12.1 Å². The molecule has 0 atom stereocenters. The number of benzene rings is 3. The van der Waals surface area contributed by atoms with Crippen molar-refractivity contribution in [3.05, 3.63) is 89.5 Å². The van der Waals surface area contributed by atoms with Crippen LogP contribution in [0.1, 0.15) is 24.0 Å². The molecule has 0 radical (unpaired) electrons. The van der Waals surface area contributed by atoms with Crippen molar-refractivity contribution >= 4 is 21.5 Å². The van der Waals surface area contributed by atoms with Gasteiger partial charge < -0.3 is 11.2 Å². The van der Waals surface area contributed by atoms with Crippen LogP contribution in [0.4, 0.5) is 11.4 Å². The van der Waals surface area contributed by atoms with E-state index < -0.39 is 10.1 Å². The second-order valence-electron chi connectivity index (χ2n) is 7.45. The molecule has 0 saturated heterocycles. The van der Waals surface area contributed by atoms with Crippen LogP contribution in [-0.4, -0.2) is 41.2 Å². The molecule has 0 unspecified atom stereocenters. The van der Waals surface area contributed by atoms with Gasteiger partial charge in [-0.2, -0.15) is 8.42 Å². The maximum absolute atomic E-state index is 11.7. The topological polar surface area (TPSA) is 60.9 Å². The van der Waals surface area contributed by atoms with Crippen LogP contribution in [0.3, 0.4) is 0 Å². The molecule has 0 bridgehead atoms. The minimum atomic E-state index is -4.27. The van der Waals surface area contributed by atoms with Crippen molar-refractivity contribution in [2.24, 2.45) is 0 Å². The predicted molar refractivity (Wildman–Crippen MR) is 120 cm³/mol. The smallest absolute Gasteiger partial charge is 1.00 e. The Kier molecular flexibility index (Phi) is 8.13. The maximum atomic E-state index is 11.7. The van der Waals surface area contributed by atoms with Crippen molar-refractivity contribution in [2.45, 2.75) is 10.8 Å². The Morgan fingerprint density at radius 3 is 1.53 bits per heavy atom. The number of nitrogens with zero attached hydrogens (tertiary/aromatic N) is 2. The summed E-state index contributed by atoms with van der Waals surface area (Å²) in [6.45, 7) is 0. The molecule has 1 N–H and O–H groups in total. The van der Waals surface area contributed by atoms with E-state index in [0.717, 1.165) is 28.1 Å². The van der Waals surface area contributed by atoms with E-state index in [0.29, 0.717) is 0 Å². The molecule has 0 fully saturated rings. The van der Waals surface area contributed by atoms with Crippen molar-refractivity contribution in [3.8, 4) is 0 Å². The van der Waals surface area contributed by atoms with E-state index in [1.165, 1.54) is 6.07 Å². The van der Waals surface area contributed by atoms with E-state index >= 15 is 0 Å². The summed E-state index contributed by atoms with van der Waals surface area (Å²) in [5.41, 5.74) is 5.06. The van der Waals surface area contributed by atoms with Gasteiger partial charge in [-0.1, -0.05) is 36.4 Å². The van der Waals surface area contributed by atoms with Gasteiger partial charge in [0.05, 0.1) is 4.90 Å². The first-order chi connectivity index (χ1) is 13.7. The first kappa shape index (κ1) is 24.4.